The average molecular weight is 351 g/mol. The molecule has 0 radical (unpaired) electrons. The number of unbranched alkanes of at least 4 members (excludes halogenated alkanes) is 14. The van der Waals surface area contributed by atoms with E-state index in [0.717, 1.165) is 6.67 Å². The van der Waals surface area contributed by atoms with Crippen molar-refractivity contribution < 1.29 is 0 Å². The van der Waals surface area contributed by atoms with E-state index < -0.39 is 0 Å². The lowest BCUT2D eigenvalue weighted by Crippen LogP contribution is -2.30. The highest BCUT2D eigenvalue weighted by Gasteiger charge is 2.13. The van der Waals surface area contributed by atoms with E-state index in [1.165, 1.54) is 103 Å². The van der Waals surface area contributed by atoms with E-state index in [9.17, 15) is 0 Å². The van der Waals surface area contributed by atoms with Crippen molar-refractivity contribution in [3.63, 3.8) is 0 Å². The van der Waals surface area contributed by atoms with E-state index in [2.05, 4.69) is 43.0 Å². The Morgan fingerprint density at radius 3 is 1.48 bits per heavy atom. The monoisotopic (exact) mass is 350 g/mol. The van der Waals surface area contributed by atoms with Gasteiger partial charge in [0.05, 0.1) is 6.67 Å². The van der Waals surface area contributed by atoms with E-state index in [1.807, 2.05) is 0 Å². The molecule has 0 aromatic heterocycles. The van der Waals surface area contributed by atoms with E-state index in [1.54, 1.807) is 0 Å². The van der Waals surface area contributed by atoms with Gasteiger partial charge >= 0.3 is 0 Å². The van der Waals surface area contributed by atoms with Crippen molar-refractivity contribution in [1.29, 1.82) is 0 Å². The van der Waals surface area contributed by atoms with Gasteiger partial charge in [-0.15, -0.1) is 0 Å². The van der Waals surface area contributed by atoms with Gasteiger partial charge in [0.15, 0.2) is 0 Å². The molecule has 2 heteroatoms. The zero-order chi connectivity index (χ0) is 18.2. The predicted molar refractivity (Wildman–Crippen MR) is 113 cm³/mol. The Bertz CT molecular complexity index is 311. The van der Waals surface area contributed by atoms with Gasteiger partial charge in [-0.25, -0.2) is 0 Å². The van der Waals surface area contributed by atoms with Crippen LogP contribution in [0.4, 0.5) is 0 Å². The van der Waals surface area contributed by atoms with E-state index in [-0.39, 0.29) is 0 Å². The van der Waals surface area contributed by atoms with Crippen LogP contribution in [0.3, 0.4) is 0 Å². The molecule has 0 N–H and O–H groups in total. The van der Waals surface area contributed by atoms with Crippen LogP contribution in [0, 0.1) is 0 Å². The Hall–Kier alpha value is -0.660. The first-order chi connectivity index (χ1) is 12.2. The van der Waals surface area contributed by atoms with Crippen LogP contribution in [-0.2, 0) is 0 Å². The smallest absolute Gasteiger partial charge is 0.0896 e. The molecule has 0 aliphatic carbocycles. The van der Waals surface area contributed by atoms with Gasteiger partial charge in [-0.05, 0) is 20.3 Å². The highest BCUT2D eigenvalue weighted by atomic mass is 15.3. The van der Waals surface area contributed by atoms with Crippen LogP contribution in [0.1, 0.15) is 117 Å². The molecule has 0 aromatic rings. The van der Waals surface area contributed by atoms with Crippen LogP contribution >= 0.6 is 0 Å². The molecule has 0 aromatic carbocycles. The third kappa shape index (κ3) is 12.3. The predicted octanol–water partition coefficient (Wildman–Crippen LogP) is 7.31. The summed E-state index contributed by atoms with van der Waals surface area (Å²) in [7, 11) is 0. The molecule has 0 amide bonds. The lowest BCUT2D eigenvalue weighted by atomic mass is 10.0. The zero-order valence-corrected chi connectivity index (χ0v) is 17.6. The molecule has 148 valence electrons. The molecule has 1 heterocycles. The average Bonchev–Trinajstić information content (AvgIpc) is 3.07. The lowest BCUT2D eigenvalue weighted by molar-refractivity contribution is 0.228. The summed E-state index contributed by atoms with van der Waals surface area (Å²) in [5.41, 5.74) is 0. The number of hydrogen-bond acceptors (Lipinski definition) is 2. The van der Waals surface area contributed by atoms with Crippen molar-refractivity contribution in [2.45, 2.75) is 123 Å². The second kappa shape index (κ2) is 15.6. The SMILES string of the molecule is CCCCCCCCCCCCCCCCCN1C=CN(C(C)C)C1. The highest BCUT2D eigenvalue weighted by molar-refractivity contribution is 4.91. The third-order valence-corrected chi connectivity index (χ3v) is 5.53. The van der Waals surface area contributed by atoms with Gasteiger partial charge in [-0.1, -0.05) is 96.8 Å². The molecule has 1 aliphatic heterocycles. The van der Waals surface area contributed by atoms with Crippen molar-refractivity contribution in [3.05, 3.63) is 12.4 Å². The molecule has 0 bridgehead atoms. The molecule has 0 spiro atoms. The minimum absolute atomic E-state index is 0.627. The fourth-order valence-corrected chi connectivity index (χ4v) is 3.65. The molecule has 0 fully saturated rings. The molecule has 2 nitrogen and oxygen atoms in total. The topological polar surface area (TPSA) is 6.48 Å². The van der Waals surface area contributed by atoms with Gasteiger partial charge < -0.3 is 9.80 Å². The Labute approximate surface area is 159 Å². The highest BCUT2D eigenvalue weighted by Crippen LogP contribution is 2.14. The summed E-state index contributed by atoms with van der Waals surface area (Å²) in [6, 6.07) is 0.627. The summed E-state index contributed by atoms with van der Waals surface area (Å²) in [6.07, 6.45) is 26.2. The van der Waals surface area contributed by atoms with Crippen molar-refractivity contribution in [2.24, 2.45) is 0 Å². The molecule has 0 unspecified atom stereocenters. The molecule has 1 rings (SSSR count). The summed E-state index contributed by atoms with van der Waals surface area (Å²) in [6.45, 7) is 9.16. The van der Waals surface area contributed by atoms with E-state index in [4.69, 9.17) is 0 Å². The Morgan fingerprint density at radius 1 is 0.640 bits per heavy atom. The third-order valence-electron chi connectivity index (χ3n) is 5.53. The number of rotatable bonds is 17. The summed E-state index contributed by atoms with van der Waals surface area (Å²) >= 11 is 0. The van der Waals surface area contributed by atoms with Crippen LogP contribution in [0.5, 0.6) is 0 Å². The maximum Gasteiger partial charge on any atom is 0.0896 e. The molecule has 0 saturated heterocycles. The molecular formula is C23H46N2. The molecule has 0 saturated carbocycles. The fourth-order valence-electron chi connectivity index (χ4n) is 3.65. The normalized spacial score (nSPS) is 14.2. The van der Waals surface area contributed by atoms with E-state index in [0.29, 0.717) is 6.04 Å². The molecule has 0 atom stereocenters. The second-order valence-electron chi connectivity index (χ2n) is 8.31. The molecule has 1 aliphatic rings. The summed E-state index contributed by atoms with van der Waals surface area (Å²) < 4.78 is 0. The van der Waals surface area contributed by atoms with Crippen molar-refractivity contribution in [2.75, 3.05) is 13.2 Å². The van der Waals surface area contributed by atoms with Crippen LogP contribution in [0.25, 0.3) is 0 Å². The Balaban J connectivity index is 1.73. The van der Waals surface area contributed by atoms with E-state index >= 15 is 0 Å². The van der Waals surface area contributed by atoms with Crippen LogP contribution in [0.15, 0.2) is 12.4 Å². The second-order valence-corrected chi connectivity index (χ2v) is 8.31. The van der Waals surface area contributed by atoms with Crippen molar-refractivity contribution >= 4 is 0 Å². The standard InChI is InChI=1S/C23H46N2/c1-4-5-6-7-8-9-10-11-12-13-14-15-16-17-18-19-24-20-21-25(22-24)23(2)3/h20-21,23H,4-19,22H2,1-3H3. The van der Waals surface area contributed by atoms with Crippen LogP contribution in [-0.4, -0.2) is 29.1 Å². The maximum absolute atomic E-state index is 2.46. The van der Waals surface area contributed by atoms with Gasteiger partial charge in [0.25, 0.3) is 0 Å². The van der Waals surface area contributed by atoms with Gasteiger partial charge in [0.1, 0.15) is 0 Å². The maximum atomic E-state index is 2.46. The number of hydrogen-bond donors (Lipinski definition) is 0. The van der Waals surface area contributed by atoms with Gasteiger partial charge in [-0.2, -0.15) is 0 Å². The summed E-state index contributed by atoms with van der Waals surface area (Å²) in [5, 5.41) is 0. The minimum Gasteiger partial charge on any atom is -0.359 e. The largest absolute Gasteiger partial charge is 0.359 e. The first-order valence-corrected chi connectivity index (χ1v) is 11.4. The van der Waals surface area contributed by atoms with Crippen LogP contribution in [0.2, 0.25) is 0 Å². The minimum atomic E-state index is 0.627. The van der Waals surface area contributed by atoms with Crippen molar-refractivity contribution in [1.82, 2.24) is 9.80 Å². The fraction of sp³-hybridized carbons (Fsp3) is 0.913. The Kier molecular flexibility index (Phi) is 14.0. The molecular weight excluding hydrogens is 304 g/mol. The zero-order valence-electron chi connectivity index (χ0n) is 17.6. The first-order valence-electron chi connectivity index (χ1n) is 11.4. The van der Waals surface area contributed by atoms with Crippen LogP contribution < -0.4 is 0 Å². The quantitative estimate of drug-likeness (QED) is 0.254. The molecule has 25 heavy (non-hydrogen) atoms. The van der Waals surface area contributed by atoms with Gasteiger partial charge in [-0.3, -0.25) is 0 Å². The lowest BCUT2D eigenvalue weighted by Gasteiger charge is -2.24. The summed E-state index contributed by atoms with van der Waals surface area (Å²) in [5.74, 6) is 0. The van der Waals surface area contributed by atoms with Gasteiger partial charge in [0.2, 0.25) is 0 Å². The van der Waals surface area contributed by atoms with Gasteiger partial charge in [0, 0.05) is 25.0 Å². The summed E-state index contributed by atoms with van der Waals surface area (Å²) in [4.78, 5) is 4.87. The number of nitrogens with zero attached hydrogens (tertiary/aromatic N) is 2. The first kappa shape index (κ1) is 22.4. The Morgan fingerprint density at radius 2 is 1.08 bits per heavy atom. The van der Waals surface area contributed by atoms with Crippen molar-refractivity contribution in [3.8, 4) is 0 Å².